The largest absolute Gasteiger partial charge is 0.377 e. The highest BCUT2D eigenvalue weighted by Crippen LogP contribution is 2.37. The second-order valence-electron chi connectivity index (χ2n) is 9.99. The number of ether oxygens (including phenoxy) is 1. The van der Waals surface area contributed by atoms with Gasteiger partial charge in [0.2, 0.25) is 0 Å². The molecule has 1 saturated heterocycles. The fourth-order valence-corrected chi connectivity index (χ4v) is 5.82. The summed E-state index contributed by atoms with van der Waals surface area (Å²) in [7, 11) is 1.80. The van der Waals surface area contributed by atoms with Crippen molar-refractivity contribution in [3.63, 3.8) is 0 Å². The van der Waals surface area contributed by atoms with E-state index in [1.54, 1.807) is 32.2 Å². The highest BCUT2D eigenvalue weighted by Gasteiger charge is 2.38. The smallest absolute Gasteiger partial charge is 0.124 e. The molecule has 0 spiro atoms. The number of amidine groups is 1. The number of hydrogen-bond acceptors (Lipinski definition) is 5. The molecule has 0 radical (unpaired) electrons. The van der Waals surface area contributed by atoms with E-state index in [9.17, 15) is 8.78 Å². The van der Waals surface area contributed by atoms with Gasteiger partial charge in [-0.05, 0) is 62.3 Å². The molecule has 4 nitrogen and oxygen atoms in total. The minimum Gasteiger partial charge on any atom is -0.377 e. The first-order valence-electron chi connectivity index (χ1n) is 13.9. The van der Waals surface area contributed by atoms with E-state index < -0.39 is 6.17 Å². The van der Waals surface area contributed by atoms with E-state index in [4.69, 9.17) is 21.3 Å². The summed E-state index contributed by atoms with van der Waals surface area (Å²) in [6.45, 7) is 14.7. The molecule has 1 aromatic rings. The first kappa shape index (κ1) is 34.0. The summed E-state index contributed by atoms with van der Waals surface area (Å²) < 4.78 is 31.2. The van der Waals surface area contributed by atoms with E-state index in [1.165, 1.54) is 23.7 Å². The molecule has 2 aliphatic heterocycles. The summed E-state index contributed by atoms with van der Waals surface area (Å²) in [6.07, 6.45) is 9.32. The molecule has 4 atom stereocenters. The van der Waals surface area contributed by atoms with Crippen LogP contribution < -0.4 is 0 Å². The summed E-state index contributed by atoms with van der Waals surface area (Å²) >= 11 is 7.26. The van der Waals surface area contributed by atoms with Crippen LogP contribution in [0.15, 0.2) is 81.8 Å². The van der Waals surface area contributed by atoms with Crippen LogP contribution in [0, 0.1) is 17.7 Å². The van der Waals surface area contributed by atoms with E-state index in [-0.39, 0.29) is 5.82 Å². The van der Waals surface area contributed by atoms with Crippen LogP contribution in [0.25, 0.3) is 0 Å². The Morgan fingerprint density at radius 2 is 2.15 bits per heavy atom. The summed E-state index contributed by atoms with van der Waals surface area (Å²) in [5, 5.41) is 2.93. The Kier molecular flexibility index (Phi) is 15.5. The predicted octanol–water partition coefficient (Wildman–Crippen LogP) is 8.71. The summed E-state index contributed by atoms with van der Waals surface area (Å²) in [4.78, 5) is 12.1. The van der Waals surface area contributed by atoms with Crippen molar-refractivity contribution >= 4 is 34.9 Å². The first-order valence-corrected chi connectivity index (χ1v) is 15.3. The van der Waals surface area contributed by atoms with Crippen molar-refractivity contribution in [1.82, 2.24) is 4.90 Å². The predicted molar refractivity (Wildman–Crippen MR) is 170 cm³/mol. The summed E-state index contributed by atoms with van der Waals surface area (Å²) in [5.41, 5.74) is 3.36. The number of halogens is 3. The number of aliphatic imine (C=N–C) groups is 2. The normalized spacial score (nSPS) is 19.8. The molecule has 2 aliphatic rings. The molecule has 3 rings (SSSR count). The Balaban J connectivity index is 0.000000598. The maximum absolute atomic E-state index is 13.3. The van der Waals surface area contributed by atoms with Crippen LogP contribution in [0.2, 0.25) is 5.02 Å². The third-order valence-electron chi connectivity index (χ3n) is 6.71. The molecular formula is C32H44ClF2N3OS. The van der Waals surface area contributed by atoms with E-state index in [1.807, 2.05) is 23.9 Å². The Morgan fingerprint density at radius 1 is 1.38 bits per heavy atom. The summed E-state index contributed by atoms with van der Waals surface area (Å²) in [6, 6.07) is 5.82. The molecule has 40 heavy (non-hydrogen) atoms. The topological polar surface area (TPSA) is 37.2 Å². The molecule has 2 heterocycles. The zero-order valence-corrected chi connectivity index (χ0v) is 26.0. The molecule has 220 valence electrons. The second kappa shape index (κ2) is 18.3. The Labute approximate surface area is 249 Å². The molecule has 4 unspecified atom stereocenters. The average molecular weight is 592 g/mol. The van der Waals surface area contributed by atoms with Gasteiger partial charge in [-0.2, -0.15) is 0 Å². The molecule has 0 saturated carbocycles. The number of hydrogen-bond donors (Lipinski definition) is 0. The standard InChI is InChI=1S/C26H40FN3OS.C6H4ClF/c1-7-13-31-18-21-15-24-22(23(28-6)12-10-11-20(5)27)16-29-26(30(24)17-21)25(19(4)9-3)32-14-8-2;7-5-2-1-3-6(8)4-5/h7-8,10,12,14,19-21,25H,1,9,11,13,15-18H2,2-6H3;1-4H/b12-10-,14-8-,28-23?;. The van der Waals surface area contributed by atoms with Crippen LogP contribution in [0.4, 0.5) is 8.78 Å². The van der Waals surface area contributed by atoms with Crippen molar-refractivity contribution in [3.8, 4) is 0 Å². The van der Waals surface area contributed by atoms with Gasteiger partial charge in [0.05, 0.1) is 30.7 Å². The average Bonchev–Trinajstić information content (AvgIpc) is 3.36. The third kappa shape index (κ3) is 10.6. The van der Waals surface area contributed by atoms with Gasteiger partial charge in [-0.1, -0.05) is 56.2 Å². The monoisotopic (exact) mass is 591 g/mol. The lowest BCUT2D eigenvalue weighted by Gasteiger charge is -2.35. The maximum atomic E-state index is 13.3. The van der Waals surface area contributed by atoms with Gasteiger partial charge in [-0.15, -0.1) is 18.3 Å². The van der Waals surface area contributed by atoms with Gasteiger partial charge in [-0.25, -0.2) is 8.78 Å². The number of fused-ring (bicyclic) bond motifs is 1. The van der Waals surface area contributed by atoms with Crippen molar-refractivity contribution in [1.29, 1.82) is 0 Å². The quantitative estimate of drug-likeness (QED) is 0.131. The second-order valence-corrected chi connectivity index (χ2v) is 11.5. The number of thioether (sulfide) groups is 1. The van der Waals surface area contributed by atoms with Gasteiger partial charge in [0.1, 0.15) is 17.8 Å². The molecular weight excluding hydrogens is 548 g/mol. The third-order valence-corrected chi connectivity index (χ3v) is 8.34. The van der Waals surface area contributed by atoms with Crippen LogP contribution in [-0.2, 0) is 4.74 Å². The van der Waals surface area contributed by atoms with Crippen LogP contribution >= 0.6 is 23.4 Å². The van der Waals surface area contributed by atoms with Gasteiger partial charge in [-0.3, -0.25) is 9.98 Å². The summed E-state index contributed by atoms with van der Waals surface area (Å²) in [5.74, 6) is 1.79. The van der Waals surface area contributed by atoms with E-state index in [0.29, 0.717) is 48.3 Å². The lowest BCUT2D eigenvalue weighted by molar-refractivity contribution is 0.127. The number of allylic oxidation sites excluding steroid dienone is 4. The minimum absolute atomic E-state index is 0.294. The van der Waals surface area contributed by atoms with Crippen LogP contribution in [-0.4, -0.2) is 61.2 Å². The van der Waals surface area contributed by atoms with E-state index in [0.717, 1.165) is 30.7 Å². The first-order chi connectivity index (χ1) is 19.2. The Morgan fingerprint density at radius 3 is 2.73 bits per heavy atom. The zero-order valence-electron chi connectivity index (χ0n) is 24.5. The van der Waals surface area contributed by atoms with E-state index >= 15 is 0 Å². The van der Waals surface area contributed by atoms with Crippen LogP contribution in [0.3, 0.4) is 0 Å². The number of rotatable bonds is 13. The fourth-order valence-electron chi connectivity index (χ4n) is 4.54. The number of nitrogens with zero attached hydrogens (tertiary/aromatic N) is 3. The maximum Gasteiger partial charge on any atom is 0.124 e. The Bertz CT molecular complexity index is 1080. The SMILES string of the molecule is C=CCOCC1CC2=C(C(/C=C\CC(C)F)=NC)CN=C(C(S/C=C\C)C(C)CC)N2C1.Fc1cccc(Cl)c1. The molecule has 0 N–H and O–H groups in total. The van der Waals surface area contributed by atoms with Crippen LogP contribution in [0.1, 0.15) is 47.0 Å². The fraction of sp³-hybridized carbons (Fsp3) is 0.500. The van der Waals surface area contributed by atoms with Crippen molar-refractivity contribution in [2.75, 3.05) is 33.4 Å². The Hall–Kier alpha value is -2.22. The van der Waals surface area contributed by atoms with Gasteiger partial charge in [0.15, 0.2) is 0 Å². The lowest BCUT2D eigenvalue weighted by Crippen LogP contribution is -2.42. The molecule has 1 aromatic carbocycles. The van der Waals surface area contributed by atoms with E-state index in [2.05, 4.69) is 48.7 Å². The number of benzene rings is 1. The van der Waals surface area contributed by atoms with Gasteiger partial charge in [0, 0.05) is 35.8 Å². The van der Waals surface area contributed by atoms with Gasteiger partial charge in [0.25, 0.3) is 0 Å². The minimum atomic E-state index is -0.854. The zero-order chi connectivity index (χ0) is 29.5. The van der Waals surface area contributed by atoms with Crippen molar-refractivity contribution in [2.24, 2.45) is 21.8 Å². The molecule has 0 aliphatic carbocycles. The van der Waals surface area contributed by atoms with Crippen molar-refractivity contribution in [2.45, 2.75) is 58.4 Å². The van der Waals surface area contributed by atoms with Gasteiger partial charge < -0.3 is 9.64 Å². The van der Waals surface area contributed by atoms with Crippen molar-refractivity contribution < 1.29 is 13.5 Å². The molecule has 0 amide bonds. The molecule has 1 fully saturated rings. The molecule has 0 aromatic heterocycles. The number of alkyl halides is 1. The molecule has 8 heteroatoms. The van der Waals surface area contributed by atoms with Gasteiger partial charge >= 0.3 is 0 Å². The highest BCUT2D eigenvalue weighted by atomic mass is 35.5. The van der Waals surface area contributed by atoms with Crippen molar-refractivity contribution in [3.05, 3.63) is 82.7 Å². The lowest BCUT2D eigenvalue weighted by atomic mass is 9.99. The van der Waals surface area contributed by atoms with Crippen LogP contribution in [0.5, 0.6) is 0 Å². The highest BCUT2D eigenvalue weighted by molar-refractivity contribution is 8.03. The molecule has 0 bridgehead atoms.